The van der Waals surface area contributed by atoms with Crippen LogP contribution in [0.25, 0.3) is 0 Å². The van der Waals surface area contributed by atoms with Crippen LogP contribution in [0.5, 0.6) is 0 Å². The molecule has 2 N–H and O–H groups in total. The highest BCUT2D eigenvalue weighted by atomic mass is 32.2. The Balaban J connectivity index is 2.04. The first-order chi connectivity index (χ1) is 11.3. The average molecular weight is 353 g/mol. The molecule has 1 aromatic rings. The highest BCUT2D eigenvalue weighted by Gasteiger charge is 2.31. The van der Waals surface area contributed by atoms with Crippen molar-refractivity contribution in [3.8, 4) is 0 Å². The van der Waals surface area contributed by atoms with E-state index in [0.717, 1.165) is 6.42 Å². The molecule has 1 heterocycles. The molecule has 8 nitrogen and oxygen atoms in total. The summed E-state index contributed by atoms with van der Waals surface area (Å²) in [5, 5.41) is 2.58. The van der Waals surface area contributed by atoms with Gasteiger partial charge in [0.25, 0.3) is 15.9 Å². The number of hydrogen-bond donors (Lipinski definition) is 2. The number of sulfonamides is 1. The first-order valence-electron chi connectivity index (χ1n) is 7.48. The molecule has 0 unspecified atom stereocenters. The van der Waals surface area contributed by atoms with Gasteiger partial charge in [-0.25, -0.2) is 13.2 Å². The maximum atomic E-state index is 12.0. The van der Waals surface area contributed by atoms with E-state index in [0.29, 0.717) is 12.1 Å². The molecule has 1 amide bonds. The molecule has 0 saturated carbocycles. The second-order valence-corrected chi connectivity index (χ2v) is 6.86. The Hall–Kier alpha value is -2.42. The molecule has 0 bridgehead atoms. The summed E-state index contributed by atoms with van der Waals surface area (Å²) in [6.45, 7) is 3.49. The number of nitrogens with zero attached hydrogens (tertiary/aromatic N) is 1. The summed E-state index contributed by atoms with van der Waals surface area (Å²) in [5.74, 6) is -1.01. The van der Waals surface area contributed by atoms with Gasteiger partial charge < -0.3 is 10.1 Å². The molecule has 0 saturated heterocycles. The van der Waals surface area contributed by atoms with Gasteiger partial charge in [0.05, 0.1) is 4.90 Å². The molecule has 130 valence electrons. The third-order valence-electron chi connectivity index (χ3n) is 3.24. The smallest absolute Gasteiger partial charge is 0.331 e. The van der Waals surface area contributed by atoms with E-state index < -0.39 is 34.5 Å². The van der Waals surface area contributed by atoms with E-state index in [1.807, 2.05) is 6.92 Å². The Morgan fingerprint density at radius 1 is 1.33 bits per heavy atom. The standard InChI is InChI=1S/C15H19N3O5S/c1-3-8-16-13(19)9-23-15(20)10(2)17-14-11-6-4-5-7-12(11)24(21,22)18-14/h4-7,10H,3,8-9H2,1-2H3,(H,16,19)(H,17,18)/t10-/m0/s1. The van der Waals surface area contributed by atoms with E-state index >= 15 is 0 Å². The number of amidine groups is 1. The maximum absolute atomic E-state index is 12.0. The van der Waals surface area contributed by atoms with Gasteiger partial charge in [-0.2, -0.15) is 0 Å². The van der Waals surface area contributed by atoms with Crippen molar-refractivity contribution in [3.05, 3.63) is 29.8 Å². The summed E-state index contributed by atoms with van der Waals surface area (Å²) in [7, 11) is -3.66. The first-order valence-corrected chi connectivity index (χ1v) is 8.97. The number of fused-ring (bicyclic) bond motifs is 1. The van der Waals surface area contributed by atoms with E-state index in [1.165, 1.54) is 13.0 Å². The van der Waals surface area contributed by atoms with E-state index in [1.54, 1.807) is 18.2 Å². The van der Waals surface area contributed by atoms with Crippen molar-refractivity contribution in [1.82, 2.24) is 10.0 Å². The molecular formula is C15H19N3O5S. The molecular weight excluding hydrogens is 334 g/mol. The van der Waals surface area contributed by atoms with Crippen LogP contribution in [-0.2, 0) is 24.3 Å². The predicted octanol–water partition coefficient (Wildman–Crippen LogP) is 0.183. The first kappa shape index (κ1) is 17.9. The summed E-state index contributed by atoms with van der Waals surface area (Å²) in [6.07, 6.45) is 0.781. The minimum Gasteiger partial charge on any atom is -0.454 e. The number of benzene rings is 1. The lowest BCUT2D eigenvalue weighted by molar-refractivity contribution is -0.149. The zero-order chi connectivity index (χ0) is 17.7. The monoisotopic (exact) mass is 353 g/mol. The molecule has 1 aliphatic rings. The highest BCUT2D eigenvalue weighted by Crippen LogP contribution is 2.22. The van der Waals surface area contributed by atoms with Crippen LogP contribution in [0.3, 0.4) is 0 Å². The molecule has 0 aliphatic carbocycles. The SMILES string of the molecule is CCCNC(=O)COC(=O)[C@H](C)N=C1NS(=O)(=O)c2ccccc21. The number of hydrogen-bond acceptors (Lipinski definition) is 6. The van der Waals surface area contributed by atoms with Crippen LogP contribution in [0.4, 0.5) is 0 Å². The highest BCUT2D eigenvalue weighted by molar-refractivity contribution is 7.90. The lowest BCUT2D eigenvalue weighted by atomic mass is 10.2. The van der Waals surface area contributed by atoms with Crippen molar-refractivity contribution in [2.24, 2.45) is 4.99 Å². The van der Waals surface area contributed by atoms with Crippen LogP contribution in [-0.4, -0.2) is 45.3 Å². The molecule has 0 aromatic heterocycles. The number of ether oxygens (including phenoxy) is 1. The molecule has 24 heavy (non-hydrogen) atoms. The number of esters is 1. The van der Waals surface area contributed by atoms with Gasteiger partial charge in [0.2, 0.25) is 0 Å². The van der Waals surface area contributed by atoms with Gasteiger partial charge in [-0.05, 0) is 25.5 Å². The summed E-state index contributed by atoms with van der Waals surface area (Å²) < 4.78 is 31.1. The third kappa shape index (κ3) is 4.10. The molecule has 0 radical (unpaired) electrons. The fourth-order valence-electron chi connectivity index (χ4n) is 2.05. The van der Waals surface area contributed by atoms with Crippen LogP contribution in [0.15, 0.2) is 34.2 Å². The van der Waals surface area contributed by atoms with E-state index in [2.05, 4.69) is 15.0 Å². The van der Waals surface area contributed by atoms with Gasteiger partial charge in [0.1, 0.15) is 11.9 Å². The van der Waals surface area contributed by atoms with Crippen molar-refractivity contribution in [2.75, 3.05) is 13.2 Å². The van der Waals surface area contributed by atoms with Gasteiger partial charge in [-0.3, -0.25) is 14.5 Å². The van der Waals surface area contributed by atoms with Crippen molar-refractivity contribution < 1.29 is 22.7 Å². The minimum absolute atomic E-state index is 0.0884. The van der Waals surface area contributed by atoms with Crippen LogP contribution >= 0.6 is 0 Å². The summed E-state index contributed by atoms with van der Waals surface area (Å²) in [5.41, 5.74) is 0.401. The van der Waals surface area contributed by atoms with Gasteiger partial charge >= 0.3 is 5.97 Å². The van der Waals surface area contributed by atoms with Crippen LogP contribution in [0.1, 0.15) is 25.8 Å². The fourth-order valence-corrected chi connectivity index (χ4v) is 3.29. The number of carbonyl (C=O) groups excluding carboxylic acids is 2. The summed E-state index contributed by atoms with van der Waals surface area (Å²) in [6, 6.07) is 5.39. The number of rotatable bonds is 6. The zero-order valence-electron chi connectivity index (χ0n) is 13.4. The van der Waals surface area contributed by atoms with Gasteiger partial charge in [-0.1, -0.05) is 19.1 Å². The topological polar surface area (TPSA) is 114 Å². The number of nitrogens with one attached hydrogen (secondary N) is 2. The predicted molar refractivity (Wildman–Crippen MR) is 87.0 cm³/mol. The Labute approximate surface area is 140 Å². The van der Waals surface area contributed by atoms with E-state index in [-0.39, 0.29) is 10.7 Å². The van der Waals surface area contributed by atoms with Gasteiger partial charge in [0, 0.05) is 12.1 Å². The lowest BCUT2D eigenvalue weighted by Gasteiger charge is -2.09. The van der Waals surface area contributed by atoms with Gasteiger partial charge in [-0.15, -0.1) is 0 Å². The van der Waals surface area contributed by atoms with Crippen molar-refractivity contribution >= 4 is 27.7 Å². The van der Waals surface area contributed by atoms with Gasteiger partial charge in [0.15, 0.2) is 6.61 Å². The molecule has 0 spiro atoms. The van der Waals surface area contributed by atoms with Crippen LogP contribution in [0.2, 0.25) is 0 Å². The molecule has 2 rings (SSSR count). The Morgan fingerprint density at radius 3 is 2.75 bits per heavy atom. The molecule has 9 heteroatoms. The molecule has 1 atom stereocenters. The minimum atomic E-state index is -3.66. The second-order valence-electron chi connectivity index (χ2n) is 5.21. The number of aliphatic imine (C=N–C) groups is 1. The zero-order valence-corrected chi connectivity index (χ0v) is 14.2. The second kappa shape index (κ2) is 7.43. The normalized spacial score (nSPS) is 17.7. The third-order valence-corrected chi connectivity index (χ3v) is 4.64. The lowest BCUT2D eigenvalue weighted by Crippen LogP contribution is -2.32. The van der Waals surface area contributed by atoms with Crippen LogP contribution in [0, 0.1) is 0 Å². The van der Waals surface area contributed by atoms with E-state index in [4.69, 9.17) is 4.74 Å². The fraction of sp³-hybridized carbons (Fsp3) is 0.400. The van der Waals surface area contributed by atoms with Crippen molar-refractivity contribution in [2.45, 2.75) is 31.2 Å². The molecule has 1 aromatic carbocycles. The molecule has 1 aliphatic heterocycles. The Morgan fingerprint density at radius 2 is 2.04 bits per heavy atom. The van der Waals surface area contributed by atoms with Crippen molar-refractivity contribution in [3.63, 3.8) is 0 Å². The number of carbonyl (C=O) groups is 2. The quantitative estimate of drug-likeness (QED) is 0.708. The summed E-state index contributed by atoms with van der Waals surface area (Å²) in [4.78, 5) is 27.5. The Kier molecular flexibility index (Phi) is 5.55. The maximum Gasteiger partial charge on any atom is 0.331 e. The van der Waals surface area contributed by atoms with Crippen LogP contribution < -0.4 is 10.0 Å². The number of amides is 1. The molecule has 0 fully saturated rings. The average Bonchev–Trinajstić information content (AvgIpc) is 2.81. The summed E-state index contributed by atoms with van der Waals surface area (Å²) >= 11 is 0. The largest absolute Gasteiger partial charge is 0.454 e. The van der Waals surface area contributed by atoms with Crippen molar-refractivity contribution in [1.29, 1.82) is 0 Å². The Bertz CT molecular complexity index is 773. The van der Waals surface area contributed by atoms with E-state index in [9.17, 15) is 18.0 Å².